The Morgan fingerprint density at radius 1 is 0.490 bits per heavy atom. The molecule has 0 bridgehead atoms. The highest BCUT2D eigenvalue weighted by Crippen LogP contribution is 2.45. The summed E-state index contributed by atoms with van der Waals surface area (Å²) < 4.78 is 17.8. The molecule has 238 valence electrons. The smallest absolute Gasteiger partial charge is 0.146 e. The molecule has 5 aromatic heterocycles. The lowest BCUT2D eigenvalue weighted by atomic mass is 9.95. The number of hydrogen-bond acceptors (Lipinski definition) is 4. The van der Waals surface area contributed by atoms with Crippen LogP contribution in [-0.4, -0.2) is 9.55 Å². The molecule has 5 heteroatoms. The molecule has 0 radical (unpaired) electrons. The van der Waals surface area contributed by atoms with Crippen LogP contribution in [0.3, 0.4) is 0 Å². The number of benzene rings is 7. The lowest BCUT2D eigenvalue weighted by Gasteiger charge is -2.18. The third kappa shape index (κ3) is 3.65. The van der Waals surface area contributed by atoms with Crippen molar-refractivity contribution in [3.63, 3.8) is 0 Å². The summed E-state index contributed by atoms with van der Waals surface area (Å²) in [5.74, 6) is 0.920. The van der Waals surface area contributed by atoms with E-state index in [0.29, 0.717) is 0 Å². The quantitative estimate of drug-likeness (QED) is 0.184. The number of hydrogen-bond donors (Lipinski definition) is 0. The third-order valence-corrected chi connectivity index (χ3v) is 11.9. The van der Waals surface area contributed by atoms with E-state index in [0.717, 1.165) is 82.8 Å². The van der Waals surface area contributed by atoms with E-state index in [2.05, 4.69) is 127 Å². The first kappa shape index (κ1) is 27.4. The van der Waals surface area contributed by atoms with Crippen LogP contribution in [0, 0.1) is 6.92 Å². The van der Waals surface area contributed by atoms with Crippen molar-refractivity contribution in [1.29, 1.82) is 0 Å². The SMILES string of the molecule is Cc1c(-c2ccc3oc4ccc5oc6ccccc6c5c4c3c2)c(-n2c3ccccc3c3cc4c(cc32)sc2ccccc24)nc2ccccc12. The molecule has 7 aromatic carbocycles. The maximum atomic E-state index is 6.49. The summed E-state index contributed by atoms with van der Waals surface area (Å²) in [7, 11) is 0. The van der Waals surface area contributed by atoms with Gasteiger partial charge in [-0.2, -0.15) is 0 Å². The molecule has 0 fully saturated rings. The maximum absolute atomic E-state index is 6.49. The average molecular weight is 671 g/mol. The van der Waals surface area contributed by atoms with Gasteiger partial charge in [-0.1, -0.05) is 78.9 Å². The van der Waals surface area contributed by atoms with Gasteiger partial charge in [0.2, 0.25) is 0 Å². The van der Waals surface area contributed by atoms with E-state index in [9.17, 15) is 0 Å². The molecule has 0 aliphatic rings. The van der Waals surface area contributed by atoms with Gasteiger partial charge in [-0.3, -0.25) is 4.57 Å². The molecule has 0 amide bonds. The van der Waals surface area contributed by atoms with Gasteiger partial charge in [-0.25, -0.2) is 4.98 Å². The van der Waals surface area contributed by atoms with Crippen LogP contribution in [0.1, 0.15) is 5.56 Å². The van der Waals surface area contributed by atoms with Gasteiger partial charge < -0.3 is 8.83 Å². The Labute approximate surface area is 294 Å². The molecule has 12 rings (SSSR count). The number of aromatic nitrogens is 2. The van der Waals surface area contributed by atoms with Crippen molar-refractivity contribution in [2.75, 3.05) is 0 Å². The van der Waals surface area contributed by atoms with Crippen molar-refractivity contribution >= 4 is 108 Å². The van der Waals surface area contributed by atoms with Gasteiger partial charge in [0, 0.05) is 63.4 Å². The van der Waals surface area contributed by atoms with Gasteiger partial charge in [-0.15, -0.1) is 11.3 Å². The first-order valence-corrected chi connectivity index (χ1v) is 18.0. The van der Waals surface area contributed by atoms with Crippen LogP contribution in [0.25, 0.3) is 114 Å². The van der Waals surface area contributed by atoms with Gasteiger partial charge >= 0.3 is 0 Å². The maximum Gasteiger partial charge on any atom is 0.146 e. The van der Waals surface area contributed by atoms with Crippen LogP contribution in [0.5, 0.6) is 0 Å². The predicted octanol–water partition coefficient (Wildman–Crippen LogP) is 13.5. The van der Waals surface area contributed by atoms with E-state index < -0.39 is 0 Å². The standard InChI is InChI=1S/C46H26N2O2S/c1-25-27-10-2-6-14-34(27)47-46(48-35-15-7-3-11-28(35)31-23-32-29-12-5-9-17-41(29)51-42(32)24-36(31)48)43(25)26-18-19-38-33(22-26)45-40(50-38)21-20-39-44(45)30-13-4-8-16-37(30)49-39/h2-24H,1H3. The summed E-state index contributed by atoms with van der Waals surface area (Å²) in [6.07, 6.45) is 0. The molecule has 0 saturated heterocycles. The lowest BCUT2D eigenvalue weighted by molar-refractivity contribution is 0.663. The van der Waals surface area contributed by atoms with Crippen molar-refractivity contribution in [3.8, 4) is 16.9 Å². The second-order valence-corrected chi connectivity index (χ2v) is 14.6. The summed E-state index contributed by atoms with van der Waals surface area (Å²) >= 11 is 1.85. The monoisotopic (exact) mass is 670 g/mol. The molecule has 0 spiro atoms. The molecule has 0 aliphatic carbocycles. The molecule has 4 nitrogen and oxygen atoms in total. The first-order valence-electron chi connectivity index (χ1n) is 17.2. The predicted molar refractivity (Wildman–Crippen MR) is 214 cm³/mol. The number of nitrogens with zero attached hydrogens (tertiary/aromatic N) is 2. The molecule has 0 atom stereocenters. The van der Waals surface area contributed by atoms with Gasteiger partial charge in [0.25, 0.3) is 0 Å². The topological polar surface area (TPSA) is 44.1 Å². The van der Waals surface area contributed by atoms with Crippen molar-refractivity contribution in [3.05, 3.63) is 145 Å². The summed E-state index contributed by atoms with van der Waals surface area (Å²) in [5.41, 5.74) is 10.1. The van der Waals surface area contributed by atoms with Crippen molar-refractivity contribution in [2.45, 2.75) is 6.92 Å². The molecule has 5 heterocycles. The van der Waals surface area contributed by atoms with E-state index in [1.165, 1.54) is 36.5 Å². The molecule has 0 N–H and O–H groups in total. The van der Waals surface area contributed by atoms with Crippen molar-refractivity contribution in [2.24, 2.45) is 0 Å². The van der Waals surface area contributed by atoms with Crippen molar-refractivity contribution in [1.82, 2.24) is 9.55 Å². The molecule has 0 unspecified atom stereocenters. The van der Waals surface area contributed by atoms with Gasteiger partial charge in [0.1, 0.15) is 28.1 Å². The summed E-state index contributed by atoms with van der Waals surface area (Å²) in [5, 5.41) is 10.5. The van der Waals surface area contributed by atoms with Crippen LogP contribution in [0.4, 0.5) is 0 Å². The summed E-state index contributed by atoms with van der Waals surface area (Å²) in [6, 6.07) is 49.6. The summed E-state index contributed by atoms with van der Waals surface area (Å²) in [4.78, 5) is 5.52. The minimum absolute atomic E-state index is 0.850. The van der Waals surface area contributed by atoms with Crippen LogP contribution in [-0.2, 0) is 0 Å². The van der Waals surface area contributed by atoms with E-state index in [1.807, 2.05) is 35.6 Å². The molecule has 12 aromatic rings. The number of pyridine rings is 1. The second kappa shape index (κ2) is 9.84. The Morgan fingerprint density at radius 2 is 1.16 bits per heavy atom. The number of para-hydroxylation sites is 3. The van der Waals surface area contributed by atoms with E-state index in [4.69, 9.17) is 13.8 Å². The third-order valence-electron chi connectivity index (χ3n) is 10.8. The van der Waals surface area contributed by atoms with Gasteiger partial charge in [-0.05, 0) is 78.7 Å². The largest absolute Gasteiger partial charge is 0.456 e. The van der Waals surface area contributed by atoms with Gasteiger partial charge in [0.15, 0.2) is 0 Å². The van der Waals surface area contributed by atoms with Crippen LogP contribution in [0.15, 0.2) is 148 Å². The molecular formula is C46H26N2O2S. The number of thiophene rings is 1. The Morgan fingerprint density at radius 3 is 2.02 bits per heavy atom. The molecule has 0 aliphatic heterocycles. The number of aryl methyl sites for hydroxylation is 1. The first-order chi connectivity index (χ1) is 25.2. The fourth-order valence-electron chi connectivity index (χ4n) is 8.52. The molecule has 51 heavy (non-hydrogen) atoms. The van der Waals surface area contributed by atoms with Crippen LogP contribution < -0.4 is 0 Å². The zero-order chi connectivity index (χ0) is 33.4. The van der Waals surface area contributed by atoms with Crippen LogP contribution >= 0.6 is 11.3 Å². The highest BCUT2D eigenvalue weighted by molar-refractivity contribution is 7.25. The molecular weight excluding hydrogens is 645 g/mol. The second-order valence-electron chi connectivity index (χ2n) is 13.5. The van der Waals surface area contributed by atoms with Crippen LogP contribution in [0.2, 0.25) is 0 Å². The Balaban J connectivity index is 1.22. The van der Waals surface area contributed by atoms with E-state index in [-0.39, 0.29) is 0 Å². The van der Waals surface area contributed by atoms with E-state index >= 15 is 0 Å². The highest BCUT2D eigenvalue weighted by Gasteiger charge is 2.23. The number of rotatable bonds is 2. The minimum Gasteiger partial charge on any atom is -0.456 e. The Hall–Kier alpha value is -6.43. The fourth-order valence-corrected chi connectivity index (χ4v) is 9.64. The van der Waals surface area contributed by atoms with Gasteiger partial charge in [0.05, 0.1) is 16.6 Å². The lowest BCUT2D eigenvalue weighted by Crippen LogP contribution is -2.03. The zero-order valence-electron chi connectivity index (χ0n) is 27.4. The molecule has 0 saturated carbocycles. The summed E-state index contributed by atoms with van der Waals surface area (Å²) in [6.45, 7) is 2.24. The normalized spacial score (nSPS) is 12.4. The fraction of sp³-hybridized carbons (Fsp3) is 0.0217. The number of furan rings is 2. The Kier molecular flexibility index (Phi) is 5.29. The number of fused-ring (bicyclic) bond motifs is 14. The minimum atomic E-state index is 0.850. The highest BCUT2D eigenvalue weighted by atomic mass is 32.1. The average Bonchev–Trinajstić information content (AvgIpc) is 3.92. The van der Waals surface area contributed by atoms with Crippen molar-refractivity contribution < 1.29 is 8.83 Å². The van der Waals surface area contributed by atoms with E-state index in [1.54, 1.807) is 0 Å². The zero-order valence-corrected chi connectivity index (χ0v) is 28.2. The Bertz CT molecular complexity index is 3450.